The van der Waals surface area contributed by atoms with Gasteiger partial charge in [0.1, 0.15) is 0 Å². The van der Waals surface area contributed by atoms with Crippen LogP contribution in [0.5, 0.6) is 0 Å². The van der Waals surface area contributed by atoms with Crippen LogP contribution in [0.1, 0.15) is 45.4 Å². The predicted molar refractivity (Wildman–Crippen MR) is 51.0 cm³/mol. The first-order valence-electron chi connectivity index (χ1n) is 4.93. The molecule has 0 heterocycles. The van der Waals surface area contributed by atoms with Crippen LogP contribution in [0.2, 0.25) is 0 Å². The van der Waals surface area contributed by atoms with Crippen molar-refractivity contribution in [2.75, 3.05) is 0 Å². The van der Waals surface area contributed by atoms with Gasteiger partial charge in [-0.2, -0.15) is 5.26 Å². The maximum absolute atomic E-state index is 9.40. The summed E-state index contributed by atoms with van der Waals surface area (Å²) in [4.78, 5) is 0. The lowest BCUT2D eigenvalue weighted by Gasteiger charge is -2.12. The Morgan fingerprint density at radius 2 is 1.92 bits per heavy atom. The van der Waals surface area contributed by atoms with Crippen LogP contribution < -0.4 is 0 Å². The molecule has 0 rings (SSSR count). The van der Waals surface area contributed by atoms with Crippen LogP contribution in [0.25, 0.3) is 0 Å². The van der Waals surface area contributed by atoms with Gasteiger partial charge in [-0.3, -0.25) is 0 Å². The van der Waals surface area contributed by atoms with Crippen molar-refractivity contribution in [3.8, 4) is 6.07 Å². The van der Waals surface area contributed by atoms with Gasteiger partial charge in [-0.25, -0.2) is 0 Å². The molecule has 0 amide bonds. The van der Waals surface area contributed by atoms with Gasteiger partial charge < -0.3 is 10.2 Å². The standard InChI is InChI=1S/C10H19NO2/c1-2-3-4-5-9(12)8-10(13)6-7-11/h9-10,12-13H,2-6,8H2,1H3/t9-,10?/m1/s1. The number of nitrogens with zero attached hydrogens (tertiary/aromatic N) is 1. The summed E-state index contributed by atoms with van der Waals surface area (Å²) >= 11 is 0. The van der Waals surface area contributed by atoms with Gasteiger partial charge in [-0.15, -0.1) is 0 Å². The van der Waals surface area contributed by atoms with Gasteiger partial charge in [0, 0.05) is 6.42 Å². The summed E-state index contributed by atoms with van der Waals surface area (Å²) in [7, 11) is 0. The first-order valence-corrected chi connectivity index (χ1v) is 4.93. The second-order valence-electron chi connectivity index (χ2n) is 3.40. The molecule has 76 valence electrons. The molecule has 13 heavy (non-hydrogen) atoms. The van der Waals surface area contributed by atoms with Gasteiger partial charge in [0.2, 0.25) is 0 Å². The highest BCUT2D eigenvalue weighted by molar-refractivity contribution is 4.76. The predicted octanol–water partition coefficient (Wildman–Crippen LogP) is 1.59. The lowest BCUT2D eigenvalue weighted by Crippen LogP contribution is -2.17. The fraction of sp³-hybridized carbons (Fsp3) is 0.900. The lowest BCUT2D eigenvalue weighted by molar-refractivity contribution is 0.0766. The zero-order valence-electron chi connectivity index (χ0n) is 8.24. The molecule has 1 unspecified atom stereocenters. The molecule has 0 aliphatic heterocycles. The molecule has 0 bridgehead atoms. The number of hydrogen-bond acceptors (Lipinski definition) is 3. The number of unbranched alkanes of at least 4 members (excludes halogenated alkanes) is 2. The summed E-state index contributed by atoms with van der Waals surface area (Å²) in [6.07, 6.45) is 3.31. The summed E-state index contributed by atoms with van der Waals surface area (Å²) in [5.41, 5.74) is 0. The molecule has 0 spiro atoms. The molecule has 2 N–H and O–H groups in total. The van der Waals surface area contributed by atoms with Crippen LogP contribution >= 0.6 is 0 Å². The van der Waals surface area contributed by atoms with Gasteiger partial charge in [0.25, 0.3) is 0 Å². The molecule has 0 aromatic carbocycles. The zero-order valence-corrected chi connectivity index (χ0v) is 8.24. The first kappa shape index (κ1) is 12.4. The summed E-state index contributed by atoms with van der Waals surface area (Å²) in [6.45, 7) is 2.11. The Balaban J connectivity index is 3.39. The van der Waals surface area contributed by atoms with Gasteiger partial charge in [-0.1, -0.05) is 26.2 Å². The molecule has 0 saturated heterocycles. The number of nitriles is 1. The first-order chi connectivity index (χ1) is 6.20. The molecule has 0 saturated carbocycles. The van der Waals surface area contributed by atoms with Gasteiger partial charge in [-0.05, 0) is 6.42 Å². The Bertz CT molecular complexity index is 153. The summed E-state index contributed by atoms with van der Waals surface area (Å²) in [5.74, 6) is 0. The monoisotopic (exact) mass is 185 g/mol. The highest BCUT2D eigenvalue weighted by Gasteiger charge is 2.10. The van der Waals surface area contributed by atoms with Crippen LogP contribution in [0.4, 0.5) is 0 Å². The largest absolute Gasteiger partial charge is 0.393 e. The maximum Gasteiger partial charge on any atom is 0.0694 e. The number of hydrogen-bond donors (Lipinski definition) is 2. The Hall–Kier alpha value is -0.590. The summed E-state index contributed by atoms with van der Waals surface area (Å²) in [5, 5.41) is 26.9. The fourth-order valence-corrected chi connectivity index (χ4v) is 1.25. The van der Waals surface area contributed by atoms with Crippen molar-refractivity contribution < 1.29 is 10.2 Å². The minimum absolute atomic E-state index is 0.116. The minimum atomic E-state index is -0.665. The van der Waals surface area contributed by atoms with Gasteiger partial charge >= 0.3 is 0 Å². The van der Waals surface area contributed by atoms with E-state index in [-0.39, 0.29) is 6.42 Å². The number of aliphatic hydroxyl groups is 2. The van der Waals surface area contributed by atoms with Crippen LogP contribution in [-0.4, -0.2) is 22.4 Å². The molecule has 0 fully saturated rings. The van der Waals surface area contributed by atoms with Crippen molar-refractivity contribution in [3.63, 3.8) is 0 Å². The van der Waals surface area contributed by atoms with Gasteiger partial charge in [0.15, 0.2) is 0 Å². The topological polar surface area (TPSA) is 64.2 Å². The quantitative estimate of drug-likeness (QED) is 0.592. The van der Waals surface area contributed by atoms with E-state index < -0.39 is 12.2 Å². The van der Waals surface area contributed by atoms with E-state index in [2.05, 4.69) is 6.92 Å². The maximum atomic E-state index is 9.40. The third-order valence-corrected chi connectivity index (χ3v) is 2.01. The normalized spacial score (nSPS) is 14.9. The molecular formula is C10H19NO2. The molecule has 3 nitrogen and oxygen atoms in total. The van der Waals surface area contributed by atoms with E-state index in [1.807, 2.05) is 6.07 Å². The number of aliphatic hydroxyl groups excluding tert-OH is 2. The average molecular weight is 185 g/mol. The molecule has 0 aromatic heterocycles. The Kier molecular flexibility index (Phi) is 7.66. The summed E-state index contributed by atoms with van der Waals surface area (Å²) < 4.78 is 0. The Morgan fingerprint density at radius 3 is 2.46 bits per heavy atom. The van der Waals surface area contributed by atoms with E-state index in [9.17, 15) is 10.2 Å². The van der Waals surface area contributed by atoms with Crippen molar-refractivity contribution in [3.05, 3.63) is 0 Å². The van der Waals surface area contributed by atoms with Crippen molar-refractivity contribution in [1.29, 1.82) is 5.26 Å². The molecule has 0 radical (unpaired) electrons. The molecule has 0 aromatic rings. The lowest BCUT2D eigenvalue weighted by atomic mass is 10.0. The Labute approximate surface area is 80.0 Å². The highest BCUT2D eigenvalue weighted by Crippen LogP contribution is 2.09. The van der Waals surface area contributed by atoms with Crippen LogP contribution in [0.15, 0.2) is 0 Å². The second-order valence-corrected chi connectivity index (χ2v) is 3.40. The van der Waals surface area contributed by atoms with Crippen molar-refractivity contribution in [2.24, 2.45) is 0 Å². The minimum Gasteiger partial charge on any atom is -0.393 e. The van der Waals surface area contributed by atoms with Crippen molar-refractivity contribution >= 4 is 0 Å². The Morgan fingerprint density at radius 1 is 1.23 bits per heavy atom. The highest BCUT2D eigenvalue weighted by atomic mass is 16.3. The zero-order chi connectivity index (χ0) is 10.1. The second kappa shape index (κ2) is 8.03. The molecule has 3 heteroatoms. The van der Waals surface area contributed by atoms with E-state index in [0.29, 0.717) is 6.42 Å². The average Bonchev–Trinajstić information content (AvgIpc) is 2.05. The van der Waals surface area contributed by atoms with E-state index >= 15 is 0 Å². The molecule has 2 atom stereocenters. The fourth-order valence-electron chi connectivity index (χ4n) is 1.25. The van der Waals surface area contributed by atoms with Crippen LogP contribution in [-0.2, 0) is 0 Å². The molecular weight excluding hydrogens is 166 g/mol. The van der Waals surface area contributed by atoms with E-state index in [0.717, 1.165) is 25.7 Å². The van der Waals surface area contributed by atoms with Crippen molar-refractivity contribution in [2.45, 2.75) is 57.7 Å². The van der Waals surface area contributed by atoms with E-state index in [1.54, 1.807) is 0 Å². The summed E-state index contributed by atoms with van der Waals surface area (Å²) in [6, 6.07) is 1.88. The third kappa shape index (κ3) is 7.76. The van der Waals surface area contributed by atoms with Gasteiger partial charge in [0.05, 0.1) is 24.7 Å². The van der Waals surface area contributed by atoms with Crippen LogP contribution in [0.3, 0.4) is 0 Å². The third-order valence-electron chi connectivity index (χ3n) is 2.01. The molecule has 0 aliphatic rings. The SMILES string of the molecule is CCCCC[C@@H](O)CC(O)CC#N. The van der Waals surface area contributed by atoms with E-state index in [1.165, 1.54) is 0 Å². The van der Waals surface area contributed by atoms with Crippen molar-refractivity contribution in [1.82, 2.24) is 0 Å². The van der Waals surface area contributed by atoms with E-state index in [4.69, 9.17) is 5.26 Å². The number of rotatable bonds is 7. The molecule has 0 aliphatic carbocycles. The smallest absolute Gasteiger partial charge is 0.0694 e. The van der Waals surface area contributed by atoms with Crippen LogP contribution in [0, 0.1) is 11.3 Å².